The van der Waals surface area contributed by atoms with E-state index < -0.39 is 0 Å². The van der Waals surface area contributed by atoms with E-state index in [1.54, 1.807) is 6.20 Å². The van der Waals surface area contributed by atoms with Gasteiger partial charge in [0.15, 0.2) is 5.82 Å². The molecule has 4 heterocycles. The minimum absolute atomic E-state index is 0.0308. The smallest absolute Gasteiger partial charge is 0.407 e. The summed E-state index contributed by atoms with van der Waals surface area (Å²) in [5.74, 6) is 2.06. The second-order valence-corrected chi connectivity index (χ2v) is 8.15. The van der Waals surface area contributed by atoms with Crippen molar-refractivity contribution in [1.82, 2.24) is 20.5 Å². The van der Waals surface area contributed by atoms with Crippen LogP contribution in [-0.4, -0.2) is 39.5 Å². The molecule has 2 fully saturated rings. The van der Waals surface area contributed by atoms with E-state index in [0.717, 1.165) is 49.3 Å². The number of pyridine rings is 1. The Morgan fingerprint density at radius 2 is 2.04 bits per heavy atom. The van der Waals surface area contributed by atoms with Crippen LogP contribution in [-0.2, 0) is 4.74 Å². The summed E-state index contributed by atoms with van der Waals surface area (Å²) in [4.78, 5) is 16.5. The van der Waals surface area contributed by atoms with Crippen molar-refractivity contribution in [3.8, 4) is 5.88 Å². The molecule has 0 aromatic carbocycles. The van der Waals surface area contributed by atoms with E-state index in [1.807, 2.05) is 18.2 Å². The molecule has 8 bridgehead atoms. The van der Waals surface area contributed by atoms with Crippen LogP contribution in [0.1, 0.15) is 50.6 Å². The summed E-state index contributed by atoms with van der Waals surface area (Å²) in [6, 6.07) is 5.98. The number of H-pyrrole nitrogens is 1. The van der Waals surface area contributed by atoms with Crippen molar-refractivity contribution in [1.29, 1.82) is 0 Å². The third-order valence-electron chi connectivity index (χ3n) is 6.17. The predicted octanol–water partition coefficient (Wildman–Crippen LogP) is 3.47. The standard InChI is InChI=1S/C20H25N5O3/c1-11-13-6-15(7-13)23-20(26)28-16-3-2-12(8-16)17-10-18(25-24-17)22-14-4-5-21-19(9-14)27-11/h4-5,9-13,15-16H,2-3,6-8H2,1H3,(H,23,26)(H2,22,24,25)/t11-,12+,13?,15?,16-/m1/s1. The van der Waals surface area contributed by atoms with Crippen molar-refractivity contribution in [3.63, 3.8) is 0 Å². The summed E-state index contributed by atoms with van der Waals surface area (Å²) in [5.41, 5.74) is 1.96. The van der Waals surface area contributed by atoms with Crippen molar-refractivity contribution in [2.45, 2.75) is 63.2 Å². The Morgan fingerprint density at radius 3 is 2.93 bits per heavy atom. The Morgan fingerprint density at radius 1 is 1.14 bits per heavy atom. The summed E-state index contributed by atoms with van der Waals surface area (Å²) in [5, 5.41) is 13.8. The molecule has 2 aliphatic heterocycles. The number of nitrogens with zero attached hydrogens (tertiary/aromatic N) is 2. The van der Waals surface area contributed by atoms with Crippen molar-refractivity contribution < 1.29 is 14.3 Å². The van der Waals surface area contributed by atoms with Crippen LogP contribution in [0.15, 0.2) is 24.4 Å². The number of carbonyl (C=O) groups is 1. The molecule has 2 aromatic rings. The molecule has 0 unspecified atom stereocenters. The monoisotopic (exact) mass is 383 g/mol. The molecular weight excluding hydrogens is 358 g/mol. The predicted molar refractivity (Wildman–Crippen MR) is 103 cm³/mol. The molecule has 2 saturated carbocycles. The van der Waals surface area contributed by atoms with Gasteiger partial charge in [0.1, 0.15) is 12.2 Å². The summed E-state index contributed by atoms with van der Waals surface area (Å²) >= 11 is 0. The van der Waals surface area contributed by atoms with Gasteiger partial charge in [-0.15, -0.1) is 0 Å². The van der Waals surface area contributed by atoms with E-state index in [4.69, 9.17) is 9.47 Å². The normalized spacial score (nSPS) is 31.9. The number of hydrogen-bond donors (Lipinski definition) is 3. The van der Waals surface area contributed by atoms with Crippen LogP contribution in [0.25, 0.3) is 0 Å². The first-order chi connectivity index (χ1) is 13.6. The maximum atomic E-state index is 12.2. The van der Waals surface area contributed by atoms with E-state index in [1.165, 1.54) is 0 Å². The first-order valence-electron chi connectivity index (χ1n) is 10.0. The maximum absolute atomic E-state index is 12.2. The average Bonchev–Trinajstić information content (AvgIpc) is 3.26. The zero-order valence-corrected chi connectivity index (χ0v) is 15.9. The van der Waals surface area contributed by atoms with Crippen LogP contribution in [0.5, 0.6) is 5.88 Å². The van der Waals surface area contributed by atoms with Crippen LogP contribution >= 0.6 is 0 Å². The van der Waals surface area contributed by atoms with E-state index in [9.17, 15) is 4.79 Å². The fourth-order valence-electron chi connectivity index (χ4n) is 4.44. The highest BCUT2D eigenvalue weighted by Crippen LogP contribution is 2.37. The molecule has 0 radical (unpaired) electrons. The number of rotatable bonds is 0. The van der Waals surface area contributed by atoms with E-state index in [-0.39, 0.29) is 24.3 Å². The fourth-order valence-corrected chi connectivity index (χ4v) is 4.44. The highest BCUT2D eigenvalue weighted by atomic mass is 16.6. The molecule has 0 saturated heterocycles. The molecule has 3 atom stereocenters. The summed E-state index contributed by atoms with van der Waals surface area (Å²) in [6.45, 7) is 2.05. The molecule has 2 aromatic heterocycles. The molecule has 28 heavy (non-hydrogen) atoms. The molecule has 0 spiro atoms. The highest BCUT2D eigenvalue weighted by Gasteiger charge is 2.37. The van der Waals surface area contributed by atoms with Gasteiger partial charge in [-0.2, -0.15) is 5.10 Å². The van der Waals surface area contributed by atoms with Gasteiger partial charge < -0.3 is 20.1 Å². The van der Waals surface area contributed by atoms with E-state index in [0.29, 0.717) is 17.7 Å². The van der Waals surface area contributed by atoms with Gasteiger partial charge in [-0.25, -0.2) is 9.78 Å². The van der Waals surface area contributed by atoms with Gasteiger partial charge in [0.25, 0.3) is 0 Å². The van der Waals surface area contributed by atoms with Crippen molar-refractivity contribution in [2.24, 2.45) is 5.92 Å². The number of amides is 1. The maximum Gasteiger partial charge on any atom is 0.407 e. The molecule has 148 valence electrons. The zero-order chi connectivity index (χ0) is 19.1. The van der Waals surface area contributed by atoms with E-state index in [2.05, 4.69) is 32.7 Å². The number of aromatic amines is 1. The van der Waals surface area contributed by atoms with E-state index >= 15 is 0 Å². The lowest BCUT2D eigenvalue weighted by Gasteiger charge is -2.39. The Hall–Kier alpha value is -2.77. The number of fused-ring (bicyclic) bond motifs is 3. The van der Waals surface area contributed by atoms with Crippen LogP contribution in [0.3, 0.4) is 0 Å². The molecule has 6 rings (SSSR count). The van der Waals surface area contributed by atoms with Crippen LogP contribution in [0.2, 0.25) is 0 Å². The van der Waals surface area contributed by atoms with Crippen LogP contribution in [0.4, 0.5) is 16.3 Å². The van der Waals surface area contributed by atoms with Gasteiger partial charge in [0, 0.05) is 41.7 Å². The number of ether oxygens (including phenoxy) is 2. The zero-order valence-electron chi connectivity index (χ0n) is 15.9. The first-order valence-corrected chi connectivity index (χ1v) is 10.0. The lowest BCUT2D eigenvalue weighted by Crippen LogP contribution is -2.49. The number of hydrogen-bond acceptors (Lipinski definition) is 6. The Balaban J connectivity index is 1.38. The first kappa shape index (κ1) is 17.3. The largest absolute Gasteiger partial charge is 0.474 e. The number of aromatic nitrogens is 3. The number of alkyl carbamates (subject to hydrolysis) is 1. The fraction of sp³-hybridized carbons (Fsp3) is 0.550. The Labute approximate surface area is 163 Å². The van der Waals surface area contributed by atoms with Gasteiger partial charge >= 0.3 is 6.09 Å². The van der Waals surface area contributed by atoms with Crippen molar-refractivity contribution >= 4 is 17.6 Å². The quantitative estimate of drug-likeness (QED) is 0.644. The average molecular weight is 383 g/mol. The molecule has 8 heteroatoms. The highest BCUT2D eigenvalue weighted by molar-refractivity contribution is 5.68. The third-order valence-corrected chi connectivity index (χ3v) is 6.17. The summed E-state index contributed by atoms with van der Waals surface area (Å²) in [7, 11) is 0. The van der Waals surface area contributed by atoms with Crippen molar-refractivity contribution in [3.05, 3.63) is 30.1 Å². The molecule has 1 amide bonds. The second-order valence-electron chi connectivity index (χ2n) is 8.15. The number of nitrogens with one attached hydrogen (secondary N) is 3. The van der Waals surface area contributed by atoms with Crippen molar-refractivity contribution in [2.75, 3.05) is 5.32 Å². The van der Waals surface area contributed by atoms with Crippen LogP contribution < -0.4 is 15.4 Å². The van der Waals surface area contributed by atoms with Gasteiger partial charge in [-0.3, -0.25) is 5.10 Å². The van der Waals surface area contributed by atoms with Gasteiger partial charge in [0.05, 0.1) is 0 Å². The molecule has 8 nitrogen and oxygen atoms in total. The number of anilines is 2. The second kappa shape index (κ2) is 7.00. The van der Waals surface area contributed by atoms with Crippen LogP contribution in [0, 0.1) is 5.92 Å². The number of carbonyl (C=O) groups excluding carboxylic acids is 1. The topological polar surface area (TPSA) is 101 Å². The third kappa shape index (κ3) is 3.50. The molecular formula is C20H25N5O3. The SMILES string of the molecule is C[C@H]1Oc2cc(ccn2)Nc2cc([nH]n2)[C@H]2CC[C@H](C2)OC(=O)NC2CC1C2. The molecule has 2 aliphatic carbocycles. The lowest BCUT2D eigenvalue weighted by atomic mass is 9.77. The minimum Gasteiger partial charge on any atom is -0.474 e. The van der Waals surface area contributed by atoms with Gasteiger partial charge in [-0.05, 0) is 51.0 Å². The Kier molecular flexibility index (Phi) is 4.33. The summed E-state index contributed by atoms with van der Waals surface area (Å²) in [6.07, 6.45) is 5.91. The molecule has 3 N–H and O–H groups in total. The minimum atomic E-state index is -0.301. The van der Waals surface area contributed by atoms with Gasteiger partial charge in [0.2, 0.25) is 5.88 Å². The lowest BCUT2D eigenvalue weighted by molar-refractivity contribution is 0.0561. The summed E-state index contributed by atoms with van der Waals surface area (Å²) < 4.78 is 11.7. The van der Waals surface area contributed by atoms with Gasteiger partial charge in [-0.1, -0.05) is 0 Å². The molecule has 4 aliphatic rings. The Bertz CT molecular complexity index is 863.